The monoisotopic (exact) mass is 458 g/mol. The molecule has 0 saturated carbocycles. The van der Waals surface area contributed by atoms with Gasteiger partial charge in [-0.3, -0.25) is 19.3 Å². The summed E-state index contributed by atoms with van der Waals surface area (Å²) in [5.41, 5.74) is -0.504. The molecule has 0 spiro atoms. The van der Waals surface area contributed by atoms with Gasteiger partial charge in [0.05, 0.1) is 6.54 Å². The molecular formula is C23H24F2N4O4. The standard InChI is InChI=1S/C23H24F2N4O4/c24-14-5-4-13(17(25)8-14)10-26-22(32)16-11-27-12-20-28(23(33)18(27)9-19(16)30)7-6-15-2-1-3-21(31)29(15)20/h4-5,8-9,11,15,20-21,31H,1-3,6-7,10,12H2,(H,26,32)/t15-,20+,21?/m0/s1. The van der Waals surface area contributed by atoms with E-state index in [9.17, 15) is 28.3 Å². The first-order valence-electron chi connectivity index (χ1n) is 11.1. The van der Waals surface area contributed by atoms with Crippen molar-refractivity contribution in [2.45, 2.75) is 57.2 Å². The molecule has 4 heterocycles. The number of amides is 2. The number of hydrogen-bond acceptors (Lipinski definition) is 5. The molecule has 10 heteroatoms. The zero-order valence-electron chi connectivity index (χ0n) is 17.8. The highest BCUT2D eigenvalue weighted by atomic mass is 19.1. The Morgan fingerprint density at radius 3 is 2.76 bits per heavy atom. The number of nitrogens with zero attached hydrogens (tertiary/aromatic N) is 3. The first-order chi connectivity index (χ1) is 15.8. The van der Waals surface area contributed by atoms with E-state index in [-0.39, 0.29) is 41.5 Å². The number of halogens is 2. The van der Waals surface area contributed by atoms with Crippen LogP contribution in [0.4, 0.5) is 8.78 Å². The lowest BCUT2D eigenvalue weighted by molar-refractivity contribution is -0.145. The van der Waals surface area contributed by atoms with E-state index >= 15 is 0 Å². The van der Waals surface area contributed by atoms with Crippen LogP contribution >= 0.6 is 0 Å². The first-order valence-corrected chi connectivity index (χ1v) is 11.1. The Kier molecular flexibility index (Phi) is 5.49. The third-order valence-corrected chi connectivity index (χ3v) is 6.84. The van der Waals surface area contributed by atoms with Gasteiger partial charge in [-0.2, -0.15) is 0 Å². The van der Waals surface area contributed by atoms with Gasteiger partial charge in [-0.25, -0.2) is 8.78 Å². The Balaban J connectivity index is 1.40. The van der Waals surface area contributed by atoms with E-state index in [1.54, 1.807) is 9.47 Å². The van der Waals surface area contributed by atoms with Crippen LogP contribution in [0.3, 0.4) is 0 Å². The van der Waals surface area contributed by atoms with E-state index in [1.165, 1.54) is 12.3 Å². The van der Waals surface area contributed by atoms with Crippen molar-refractivity contribution in [2.24, 2.45) is 0 Å². The third-order valence-electron chi connectivity index (χ3n) is 6.84. The Hall–Kier alpha value is -3.11. The molecule has 3 atom stereocenters. The number of benzene rings is 1. The van der Waals surface area contributed by atoms with Crippen molar-refractivity contribution in [3.8, 4) is 0 Å². The van der Waals surface area contributed by atoms with E-state index < -0.39 is 29.2 Å². The quantitative estimate of drug-likeness (QED) is 0.726. The van der Waals surface area contributed by atoms with Crippen LogP contribution in [0.15, 0.2) is 35.3 Å². The number of aromatic nitrogens is 1. The Morgan fingerprint density at radius 1 is 1.15 bits per heavy atom. The molecule has 33 heavy (non-hydrogen) atoms. The summed E-state index contributed by atoms with van der Waals surface area (Å²) < 4.78 is 28.5. The highest BCUT2D eigenvalue weighted by Crippen LogP contribution is 2.34. The van der Waals surface area contributed by atoms with Crippen LogP contribution in [0, 0.1) is 11.6 Å². The molecule has 0 bridgehead atoms. The SMILES string of the molecule is O=C(NCc1ccc(F)cc1F)c1cn2c(cc1=O)C(=O)N1CC[C@@H]3CCCC(O)N3[C@@H]1C2. The van der Waals surface area contributed by atoms with Crippen molar-refractivity contribution >= 4 is 11.8 Å². The molecule has 0 radical (unpaired) electrons. The number of carbonyl (C=O) groups is 2. The average Bonchev–Trinajstić information content (AvgIpc) is 2.78. The van der Waals surface area contributed by atoms with Gasteiger partial charge in [0.2, 0.25) is 0 Å². The highest BCUT2D eigenvalue weighted by Gasteiger charge is 2.45. The van der Waals surface area contributed by atoms with Gasteiger partial charge in [0.15, 0.2) is 5.43 Å². The number of pyridine rings is 1. The van der Waals surface area contributed by atoms with Gasteiger partial charge in [0.1, 0.15) is 35.3 Å². The second kappa shape index (κ2) is 8.35. The fourth-order valence-corrected chi connectivity index (χ4v) is 5.18. The summed E-state index contributed by atoms with van der Waals surface area (Å²) >= 11 is 0. The van der Waals surface area contributed by atoms with Crippen LogP contribution in [0.25, 0.3) is 0 Å². The van der Waals surface area contributed by atoms with Crippen molar-refractivity contribution in [1.82, 2.24) is 19.7 Å². The fraction of sp³-hybridized carbons (Fsp3) is 0.435. The van der Waals surface area contributed by atoms with Crippen molar-refractivity contribution in [2.75, 3.05) is 6.54 Å². The molecular weight excluding hydrogens is 434 g/mol. The summed E-state index contributed by atoms with van der Waals surface area (Å²) in [6.07, 6.45) is 3.66. The summed E-state index contributed by atoms with van der Waals surface area (Å²) in [5.74, 6) is -2.54. The molecule has 2 fully saturated rings. The molecule has 1 aromatic heterocycles. The van der Waals surface area contributed by atoms with Gasteiger partial charge >= 0.3 is 0 Å². The molecule has 1 unspecified atom stereocenters. The Morgan fingerprint density at radius 2 is 1.97 bits per heavy atom. The van der Waals surface area contributed by atoms with Gasteiger partial charge in [-0.1, -0.05) is 6.07 Å². The molecule has 2 amide bonds. The maximum Gasteiger partial charge on any atom is 0.271 e. The lowest BCUT2D eigenvalue weighted by Crippen LogP contribution is -2.67. The fourth-order valence-electron chi connectivity index (χ4n) is 5.18. The molecule has 174 valence electrons. The van der Waals surface area contributed by atoms with E-state index in [2.05, 4.69) is 5.32 Å². The number of carbonyl (C=O) groups excluding carboxylic acids is 2. The lowest BCUT2D eigenvalue weighted by Gasteiger charge is -2.54. The number of hydrogen-bond donors (Lipinski definition) is 2. The summed E-state index contributed by atoms with van der Waals surface area (Å²) in [4.78, 5) is 42.1. The number of aliphatic hydroxyl groups excluding tert-OH is 1. The van der Waals surface area contributed by atoms with Crippen molar-refractivity contribution in [3.63, 3.8) is 0 Å². The van der Waals surface area contributed by atoms with Gasteiger partial charge < -0.3 is 19.9 Å². The minimum absolute atomic E-state index is 0.0842. The maximum absolute atomic E-state index is 13.9. The minimum Gasteiger partial charge on any atom is -0.378 e. The van der Waals surface area contributed by atoms with E-state index in [4.69, 9.17) is 0 Å². The molecule has 1 aromatic carbocycles. The zero-order valence-corrected chi connectivity index (χ0v) is 17.8. The van der Waals surface area contributed by atoms with E-state index in [0.29, 0.717) is 19.5 Å². The van der Waals surface area contributed by atoms with Gasteiger partial charge in [-0.05, 0) is 31.7 Å². The van der Waals surface area contributed by atoms with Crippen molar-refractivity contribution < 1.29 is 23.5 Å². The highest BCUT2D eigenvalue weighted by molar-refractivity contribution is 5.97. The van der Waals surface area contributed by atoms with E-state index in [1.807, 2.05) is 4.90 Å². The van der Waals surface area contributed by atoms with Crippen LogP contribution in [0.2, 0.25) is 0 Å². The molecule has 8 nitrogen and oxygen atoms in total. The minimum atomic E-state index is -0.796. The zero-order chi connectivity index (χ0) is 23.3. The normalized spacial score (nSPS) is 24.6. The predicted octanol–water partition coefficient (Wildman–Crippen LogP) is 1.41. The second-order valence-electron chi connectivity index (χ2n) is 8.79. The van der Waals surface area contributed by atoms with Crippen LogP contribution in [-0.4, -0.2) is 56.3 Å². The van der Waals surface area contributed by atoms with Crippen LogP contribution in [0.1, 0.15) is 52.1 Å². The van der Waals surface area contributed by atoms with Crippen molar-refractivity contribution in [3.05, 3.63) is 69.1 Å². The van der Waals surface area contributed by atoms with Gasteiger partial charge in [0, 0.05) is 43.0 Å². The van der Waals surface area contributed by atoms with Crippen molar-refractivity contribution in [1.29, 1.82) is 0 Å². The summed E-state index contributed by atoms with van der Waals surface area (Å²) in [7, 11) is 0. The van der Waals surface area contributed by atoms with Crippen LogP contribution in [-0.2, 0) is 13.1 Å². The Bertz CT molecular complexity index is 1180. The molecule has 0 aliphatic carbocycles. The average molecular weight is 458 g/mol. The van der Waals surface area contributed by atoms with Gasteiger partial charge in [-0.15, -0.1) is 0 Å². The number of rotatable bonds is 3. The topological polar surface area (TPSA) is 94.9 Å². The number of nitrogens with one attached hydrogen (secondary N) is 1. The van der Waals surface area contributed by atoms with Crippen LogP contribution in [0.5, 0.6) is 0 Å². The first kappa shape index (κ1) is 21.7. The Labute approximate surface area is 188 Å². The molecule has 5 rings (SSSR count). The largest absolute Gasteiger partial charge is 0.378 e. The molecule has 3 aliphatic rings. The van der Waals surface area contributed by atoms with Crippen LogP contribution < -0.4 is 10.7 Å². The molecule has 2 saturated heterocycles. The lowest BCUT2D eigenvalue weighted by atomic mass is 9.93. The number of fused-ring (bicyclic) bond motifs is 4. The second-order valence-corrected chi connectivity index (χ2v) is 8.79. The third kappa shape index (κ3) is 3.83. The summed E-state index contributed by atoms with van der Waals surface area (Å²) in [6.45, 7) is 0.655. The van der Waals surface area contributed by atoms with Gasteiger partial charge in [0.25, 0.3) is 11.8 Å². The smallest absolute Gasteiger partial charge is 0.271 e. The predicted molar refractivity (Wildman–Crippen MR) is 113 cm³/mol. The molecule has 3 aliphatic heterocycles. The summed E-state index contributed by atoms with van der Waals surface area (Å²) in [5, 5.41) is 13.1. The summed E-state index contributed by atoms with van der Waals surface area (Å²) in [6, 6.07) is 4.38. The number of aliphatic hydroxyl groups is 1. The van der Waals surface area contributed by atoms with E-state index in [0.717, 1.165) is 37.5 Å². The molecule has 2 N–H and O–H groups in total. The maximum atomic E-state index is 13.9. The molecule has 2 aromatic rings. The number of piperidine rings is 1.